The van der Waals surface area contributed by atoms with Crippen LogP contribution in [0.2, 0.25) is 0 Å². The van der Waals surface area contributed by atoms with Gasteiger partial charge in [0.05, 0.1) is 25.8 Å². The summed E-state index contributed by atoms with van der Waals surface area (Å²) >= 11 is 0. The van der Waals surface area contributed by atoms with Crippen molar-refractivity contribution < 1.29 is 23.0 Å². The predicted octanol–water partition coefficient (Wildman–Crippen LogP) is 3.33. The molecule has 0 N–H and O–H groups in total. The molecule has 0 bridgehead atoms. The van der Waals surface area contributed by atoms with Crippen LogP contribution in [0.15, 0.2) is 6.07 Å². The molecule has 0 aromatic carbocycles. The zero-order chi connectivity index (χ0) is 20.5. The molecule has 2 aliphatic rings. The maximum Gasteiger partial charge on any atom is 0.340 e. The monoisotopic (exact) mass is 393 g/mol. The van der Waals surface area contributed by atoms with E-state index in [4.69, 9.17) is 4.74 Å². The van der Waals surface area contributed by atoms with E-state index in [1.54, 1.807) is 0 Å². The number of rotatable bonds is 6. The fraction of sp³-hybridized carbons (Fsp3) is 0.650. The van der Waals surface area contributed by atoms with Crippen LogP contribution in [-0.4, -0.2) is 49.8 Å². The Morgan fingerprint density at radius 2 is 2.18 bits per heavy atom. The summed E-state index contributed by atoms with van der Waals surface area (Å²) in [6.45, 7) is 4.07. The molecule has 28 heavy (non-hydrogen) atoms. The average Bonchev–Trinajstić information content (AvgIpc) is 3.42. The Labute approximate surface area is 163 Å². The van der Waals surface area contributed by atoms with Crippen molar-refractivity contribution in [3.63, 3.8) is 0 Å². The molecular formula is C20H25F2N3O3. The number of anilines is 1. The zero-order valence-corrected chi connectivity index (χ0v) is 16.4. The lowest BCUT2D eigenvalue weighted by molar-refractivity contribution is -0.149. The Kier molecular flexibility index (Phi) is 5.57. The summed E-state index contributed by atoms with van der Waals surface area (Å²) in [6.07, 6.45) is 1.58. The summed E-state index contributed by atoms with van der Waals surface area (Å²) in [4.78, 5) is 17.6. The first-order chi connectivity index (χ1) is 13.2. The molecule has 1 saturated carbocycles. The Morgan fingerprint density at radius 1 is 1.46 bits per heavy atom. The molecule has 1 aliphatic heterocycles. The number of nitriles is 1. The molecule has 1 atom stereocenters. The molecule has 2 fully saturated rings. The van der Waals surface area contributed by atoms with E-state index in [1.165, 1.54) is 18.1 Å². The number of aryl methyl sites for hydroxylation is 1. The Bertz CT molecular complexity index is 803. The summed E-state index contributed by atoms with van der Waals surface area (Å²) in [7, 11) is 1.22. The first kappa shape index (κ1) is 20.5. The van der Waals surface area contributed by atoms with Gasteiger partial charge in [-0.3, -0.25) is 0 Å². The van der Waals surface area contributed by atoms with E-state index in [0.29, 0.717) is 31.0 Å². The third-order valence-electron chi connectivity index (χ3n) is 5.54. The highest BCUT2D eigenvalue weighted by Gasteiger charge is 2.48. The number of esters is 1. The van der Waals surface area contributed by atoms with Gasteiger partial charge in [-0.1, -0.05) is 13.8 Å². The molecule has 8 heteroatoms. The second kappa shape index (κ2) is 7.63. The summed E-state index contributed by atoms with van der Waals surface area (Å²) in [6, 6.07) is 3.38. The van der Waals surface area contributed by atoms with Gasteiger partial charge in [0.1, 0.15) is 18.0 Å². The zero-order valence-electron chi connectivity index (χ0n) is 16.4. The third-order valence-corrected chi connectivity index (χ3v) is 5.54. The number of nitrogens with zero attached hydrogens (tertiary/aromatic N) is 3. The number of alkyl halides is 2. The molecule has 1 unspecified atom stereocenters. The summed E-state index contributed by atoms with van der Waals surface area (Å²) in [5, 5.41) is 9.34. The molecule has 1 aliphatic carbocycles. The minimum atomic E-state index is -3.02. The smallest absolute Gasteiger partial charge is 0.340 e. The molecule has 6 nitrogen and oxygen atoms in total. The van der Waals surface area contributed by atoms with Crippen molar-refractivity contribution >= 4 is 11.8 Å². The van der Waals surface area contributed by atoms with Crippen LogP contribution in [0.5, 0.6) is 0 Å². The van der Waals surface area contributed by atoms with Crippen molar-refractivity contribution in [2.75, 3.05) is 31.7 Å². The minimum absolute atomic E-state index is 0.0493. The molecule has 0 radical (unpaired) electrons. The van der Waals surface area contributed by atoms with Crippen LogP contribution in [0.25, 0.3) is 0 Å². The van der Waals surface area contributed by atoms with E-state index in [0.717, 1.165) is 12.8 Å². The standard InChI is InChI=1S/C20H25F2N3O3/c1-4-13-9-14(18(26)27-3)15(10-23)24-17(13)25-8-5-16(20(21,22)11-25)28-12-19(2)6-7-19/h9,16H,4-8,11-12H2,1-3H3. The number of ether oxygens (including phenoxy) is 2. The van der Waals surface area contributed by atoms with Crippen molar-refractivity contribution in [2.45, 2.75) is 51.6 Å². The average molecular weight is 393 g/mol. The number of halogens is 2. The number of carbonyl (C=O) groups excluding carboxylic acids is 1. The lowest BCUT2D eigenvalue weighted by atomic mass is 10.0. The number of hydrogen-bond acceptors (Lipinski definition) is 6. The maximum atomic E-state index is 14.7. The van der Waals surface area contributed by atoms with E-state index >= 15 is 0 Å². The molecule has 1 saturated heterocycles. The van der Waals surface area contributed by atoms with E-state index in [2.05, 4.69) is 9.72 Å². The van der Waals surface area contributed by atoms with Gasteiger partial charge in [0.25, 0.3) is 5.92 Å². The highest BCUT2D eigenvalue weighted by molar-refractivity contribution is 5.92. The maximum absolute atomic E-state index is 14.7. The van der Waals surface area contributed by atoms with Crippen LogP contribution in [-0.2, 0) is 15.9 Å². The third kappa shape index (κ3) is 4.09. The Morgan fingerprint density at radius 3 is 2.71 bits per heavy atom. The molecule has 152 valence electrons. The van der Waals surface area contributed by atoms with Gasteiger partial charge < -0.3 is 14.4 Å². The number of carbonyl (C=O) groups is 1. The van der Waals surface area contributed by atoms with E-state index < -0.39 is 24.5 Å². The van der Waals surface area contributed by atoms with Crippen molar-refractivity contribution in [1.29, 1.82) is 5.26 Å². The molecule has 0 amide bonds. The summed E-state index contributed by atoms with van der Waals surface area (Å²) in [5.74, 6) is -3.38. The minimum Gasteiger partial charge on any atom is -0.465 e. The van der Waals surface area contributed by atoms with Crippen molar-refractivity contribution in [1.82, 2.24) is 4.98 Å². The fourth-order valence-electron chi connectivity index (χ4n) is 3.39. The summed E-state index contributed by atoms with van der Waals surface area (Å²) in [5.41, 5.74) is 0.603. The van der Waals surface area contributed by atoms with Gasteiger partial charge in [0.2, 0.25) is 0 Å². The highest BCUT2D eigenvalue weighted by atomic mass is 19.3. The second-order valence-electron chi connectivity index (χ2n) is 7.91. The van der Waals surface area contributed by atoms with Gasteiger partial charge in [-0.15, -0.1) is 0 Å². The van der Waals surface area contributed by atoms with Crippen LogP contribution < -0.4 is 4.90 Å². The van der Waals surface area contributed by atoms with Gasteiger partial charge in [-0.2, -0.15) is 5.26 Å². The van der Waals surface area contributed by atoms with E-state index in [-0.39, 0.29) is 23.1 Å². The number of piperidine rings is 1. The normalized spacial score (nSPS) is 22.4. The molecular weight excluding hydrogens is 368 g/mol. The van der Waals surface area contributed by atoms with Crippen LogP contribution in [0.1, 0.15) is 54.7 Å². The molecule has 2 heterocycles. The lowest BCUT2D eigenvalue weighted by Gasteiger charge is -2.39. The van der Waals surface area contributed by atoms with Crippen molar-refractivity contribution in [3.8, 4) is 6.07 Å². The summed E-state index contributed by atoms with van der Waals surface area (Å²) < 4.78 is 39.7. The van der Waals surface area contributed by atoms with Crippen LogP contribution in [0, 0.1) is 16.7 Å². The molecule has 0 spiro atoms. The van der Waals surface area contributed by atoms with Crippen LogP contribution >= 0.6 is 0 Å². The van der Waals surface area contributed by atoms with Gasteiger partial charge in [0, 0.05) is 6.54 Å². The number of aromatic nitrogens is 1. The molecule has 1 aromatic heterocycles. The van der Waals surface area contributed by atoms with Crippen molar-refractivity contribution in [2.24, 2.45) is 5.41 Å². The van der Waals surface area contributed by atoms with E-state index in [1.807, 2.05) is 19.9 Å². The van der Waals surface area contributed by atoms with Crippen LogP contribution in [0.3, 0.4) is 0 Å². The van der Waals surface area contributed by atoms with Gasteiger partial charge in [0.15, 0.2) is 5.69 Å². The number of pyridine rings is 1. The second-order valence-corrected chi connectivity index (χ2v) is 7.91. The largest absolute Gasteiger partial charge is 0.465 e. The quantitative estimate of drug-likeness (QED) is 0.690. The van der Waals surface area contributed by atoms with Gasteiger partial charge in [-0.25, -0.2) is 18.6 Å². The molecule has 3 rings (SSSR count). The number of hydrogen-bond donors (Lipinski definition) is 0. The first-order valence-corrected chi connectivity index (χ1v) is 9.49. The van der Waals surface area contributed by atoms with Crippen LogP contribution in [0.4, 0.5) is 14.6 Å². The van der Waals surface area contributed by atoms with Gasteiger partial charge in [-0.05, 0) is 42.7 Å². The molecule has 1 aromatic rings. The van der Waals surface area contributed by atoms with Gasteiger partial charge >= 0.3 is 5.97 Å². The number of methoxy groups -OCH3 is 1. The van der Waals surface area contributed by atoms with Crippen molar-refractivity contribution in [3.05, 3.63) is 22.9 Å². The highest BCUT2D eigenvalue weighted by Crippen LogP contribution is 2.46. The fourth-order valence-corrected chi connectivity index (χ4v) is 3.39. The van der Waals surface area contributed by atoms with E-state index in [9.17, 15) is 18.8 Å². The first-order valence-electron chi connectivity index (χ1n) is 9.49. The Hall–Kier alpha value is -2.27. The Balaban J connectivity index is 1.82. The predicted molar refractivity (Wildman–Crippen MR) is 98.5 cm³/mol. The SMILES string of the molecule is CCc1cc(C(=O)OC)c(C#N)nc1N1CCC(OCC2(C)CC2)C(F)(F)C1. The lowest BCUT2D eigenvalue weighted by Crippen LogP contribution is -2.53. The topological polar surface area (TPSA) is 75.5 Å².